The summed E-state index contributed by atoms with van der Waals surface area (Å²) in [4.78, 5) is 40.6. The number of esters is 1. The van der Waals surface area contributed by atoms with Crippen LogP contribution in [-0.2, 0) is 40.0 Å². The number of carbonyl (C=O) groups excluding carboxylic acids is 3. The van der Waals surface area contributed by atoms with Gasteiger partial charge in [-0.1, -0.05) is 0 Å². The number of methoxy groups -OCH3 is 1. The number of nitriles is 1. The maximum Gasteiger partial charge on any atom is 0.314 e. The molecule has 1 aromatic carbocycles. The molecule has 9 nitrogen and oxygen atoms in total. The van der Waals surface area contributed by atoms with E-state index in [0.717, 1.165) is 4.90 Å². The molecule has 3 fully saturated rings. The number of halogens is 1. The molecule has 10 heteroatoms. The molecule has 0 aliphatic carbocycles. The molecule has 4 rings (SSSR count). The standard InChI is InChI=1S/C23H25FN2O7/c1-22-9-16(21(29)32-12-31-7-6-30-3)23(2,33-22)18-17(22)19(27)26(20(18)28)15-5-4-13(11-25)14(8-15)10-24/h4-5,8,16-18H,6-7,9-10,12H2,1-3H3/t16-,17+,18-,22?,23?/m1/s1. The van der Waals surface area contributed by atoms with E-state index in [9.17, 15) is 18.8 Å². The molecule has 0 saturated carbocycles. The molecule has 2 unspecified atom stereocenters. The monoisotopic (exact) mass is 460 g/mol. The van der Waals surface area contributed by atoms with Gasteiger partial charge in [0.2, 0.25) is 11.8 Å². The van der Waals surface area contributed by atoms with Crippen LogP contribution in [0.15, 0.2) is 18.2 Å². The molecule has 0 N–H and O–H groups in total. The van der Waals surface area contributed by atoms with Gasteiger partial charge < -0.3 is 18.9 Å². The van der Waals surface area contributed by atoms with Crippen LogP contribution in [0.1, 0.15) is 31.4 Å². The van der Waals surface area contributed by atoms with Crippen molar-refractivity contribution in [3.8, 4) is 6.07 Å². The Bertz CT molecular complexity index is 1040. The largest absolute Gasteiger partial charge is 0.438 e. The highest BCUT2D eigenvalue weighted by Gasteiger charge is 2.77. The van der Waals surface area contributed by atoms with Crippen molar-refractivity contribution in [3.63, 3.8) is 0 Å². The van der Waals surface area contributed by atoms with E-state index in [1.165, 1.54) is 25.3 Å². The van der Waals surface area contributed by atoms with Gasteiger partial charge in [-0.2, -0.15) is 5.26 Å². The molecule has 5 atom stereocenters. The van der Waals surface area contributed by atoms with Gasteiger partial charge in [-0.15, -0.1) is 0 Å². The molecule has 2 amide bonds. The number of fused-ring (bicyclic) bond motifs is 5. The van der Waals surface area contributed by atoms with E-state index < -0.39 is 53.4 Å². The van der Waals surface area contributed by atoms with Gasteiger partial charge in [-0.3, -0.25) is 14.4 Å². The number of benzene rings is 1. The van der Waals surface area contributed by atoms with Crippen LogP contribution in [0.4, 0.5) is 10.1 Å². The number of nitrogens with zero attached hydrogens (tertiary/aromatic N) is 2. The average molecular weight is 460 g/mol. The minimum absolute atomic E-state index is 0.0965. The Labute approximate surface area is 190 Å². The van der Waals surface area contributed by atoms with Crippen LogP contribution < -0.4 is 4.90 Å². The lowest BCUT2D eigenvalue weighted by Crippen LogP contribution is -2.49. The van der Waals surface area contributed by atoms with E-state index in [1.807, 2.05) is 6.07 Å². The second-order valence-electron chi connectivity index (χ2n) is 8.89. The molecule has 1 aromatic rings. The van der Waals surface area contributed by atoms with Gasteiger partial charge >= 0.3 is 5.97 Å². The molecule has 3 heterocycles. The third-order valence-corrected chi connectivity index (χ3v) is 6.95. The van der Waals surface area contributed by atoms with Crippen LogP contribution in [-0.4, -0.2) is 56.1 Å². The van der Waals surface area contributed by atoms with Crippen LogP contribution in [0.25, 0.3) is 0 Å². The Morgan fingerprint density at radius 2 is 2.00 bits per heavy atom. The summed E-state index contributed by atoms with van der Waals surface area (Å²) in [5, 5.41) is 9.13. The molecule has 0 aromatic heterocycles. The van der Waals surface area contributed by atoms with E-state index in [2.05, 4.69) is 0 Å². The van der Waals surface area contributed by atoms with E-state index in [-0.39, 0.29) is 36.6 Å². The third kappa shape index (κ3) is 3.51. The predicted molar refractivity (Wildman–Crippen MR) is 110 cm³/mol. The fourth-order valence-corrected chi connectivity index (χ4v) is 5.47. The number of hydrogen-bond donors (Lipinski definition) is 0. The Morgan fingerprint density at radius 1 is 1.27 bits per heavy atom. The van der Waals surface area contributed by atoms with Crippen LogP contribution in [0.5, 0.6) is 0 Å². The lowest BCUT2D eigenvalue weighted by atomic mass is 9.64. The van der Waals surface area contributed by atoms with Gasteiger partial charge in [0, 0.05) is 12.7 Å². The van der Waals surface area contributed by atoms with Crippen molar-refractivity contribution in [2.75, 3.05) is 32.0 Å². The van der Waals surface area contributed by atoms with Crippen molar-refractivity contribution in [3.05, 3.63) is 29.3 Å². The van der Waals surface area contributed by atoms with E-state index >= 15 is 0 Å². The predicted octanol–water partition coefficient (Wildman–Crippen LogP) is 1.86. The van der Waals surface area contributed by atoms with Gasteiger partial charge in [-0.05, 0) is 38.5 Å². The van der Waals surface area contributed by atoms with Crippen molar-refractivity contribution < 1.29 is 37.7 Å². The van der Waals surface area contributed by atoms with Gasteiger partial charge in [0.25, 0.3) is 0 Å². The van der Waals surface area contributed by atoms with E-state index in [0.29, 0.717) is 6.61 Å². The van der Waals surface area contributed by atoms with Crippen molar-refractivity contribution in [1.82, 2.24) is 0 Å². The first-order valence-corrected chi connectivity index (χ1v) is 10.6. The smallest absolute Gasteiger partial charge is 0.314 e. The maximum absolute atomic E-state index is 13.5. The average Bonchev–Trinajstić information content (AvgIpc) is 3.33. The molecule has 2 bridgehead atoms. The van der Waals surface area contributed by atoms with Gasteiger partial charge in [0.05, 0.1) is 59.5 Å². The third-order valence-electron chi connectivity index (χ3n) is 6.95. The first-order valence-electron chi connectivity index (χ1n) is 10.6. The zero-order valence-corrected chi connectivity index (χ0v) is 18.6. The molecule has 0 spiro atoms. The zero-order valence-electron chi connectivity index (χ0n) is 18.6. The molecule has 3 aliphatic rings. The molecule has 33 heavy (non-hydrogen) atoms. The number of carbonyl (C=O) groups is 3. The SMILES string of the molecule is COCCOCOC(=O)[C@H]1CC2(C)OC1(C)[C@H]1C(=O)N(c3ccc(C#N)c(CF)c3)C(=O)[C@H]12. The fourth-order valence-electron chi connectivity index (χ4n) is 5.47. The highest BCUT2D eigenvalue weighted by molar-refractivity contribution is 6.23. The number of hydrogen-bond acceptors (Lipinski definition) is 8. The number of imide groups is 1. The molecule has 176 valence electrons. The Morgan fingerprint density at radius 3 is 2.67 bits per heavy atom. The minimum atomic E-state index is -1.24. The molecule has 3 saturated heterocycles. The van der Waals surface area contributed by atoms with Crippen LogP contribution in [0, 0.1) is 29.1 Å². The van der Waals surface area contributed by atoms with Gasteiger partial charge in [-0.25, -0.2) is 9.29 Å². The lowest BCUT2D eigenvalue weighted by Gasteiger charge is -2.33. The molecule has 0 radical (unpaired) electrons. The Kier molecular flexibility index (Phi) is 5.99. The zero-order chi connectivity index (χ0) is 24.0. The Hall–Kier alpha value is -2.87. The van der Waals surface area contributed by atoms with E-state index in [1.54, 1.807) is 13.8 Å². The summed E-state index contributed by atoms with van der Waals surface area (Å²) in [7, 11) is 1.53. The van der Waals surface area contributed by atoms with Gasteiger partial charge in [0.1, 0.15) is 6.67 Å². The second-order valence-corrected chi connectivity index (χ2v) is 8.89. The van der Waals surface area contributed by atoms with Crippen molar-refractivity contribution >= 4 is 23.5 Å². The Balaban J connectivity index is 1.58. The normalized spacial score (nSPS) is 32.2. The van der Waals surface area contributed by atoms with Crippen molar-refractivity contribution in [2.24, 2.45) is 17.8 Å². The van der Waals surface area contributed by atoms with Crippen molar-refractivity contribution in [2.45, 2.75) is 38.1 Å². The highest BCUT2D eigenvalue weighted by atomic mass is 19.1. The van der Waals surface area contributed by atoms with Crippen molar-refractivity contribution in [1.29, 1.82) is 5.26 Å². The number of rotatable bonds is 8. The number of alkyl halides is 1. The summed E-state index contributed by atoms with van der Waals surface area (Å²) in [5.74, 6) is -3.95. The first-order chi connectivity index (χ1) is 15.7. The minimum Gasteiger partial charge on any atom is -0.438 e. The van der Waals surface area contributed by atoms with Crippen LogP contribution in [0.3, 0.4) is 0 Å². The van der Waals surface area contributed by atoms with Crippen LogP contribution in [0.2, 0.25) is 0 Å². The molecular weight excluding hydrogens is 435 g/mol. The maximum atomic E-state index is 13.5. The second kappa shape index (κ2) is 8.48. The summed E-state index contributed by atoms with van der Waals surface area (Å²) in [5.41, 5.74) is -1.84. The fraction of sp³-hybridized carbons (Fsp3) is 0.565. The van der Waals surface area contributed by atoms with Crippen LogP contribution >= 0.6 is 0 Å². The number of anilines is 1. The lowest BCUT2D eigenvalue weighted by molar-refractivity contribution is -0.169. The summed E-state index contributed by atoms with van der Waals surface area (Å²) in [6.45, 7) is 2.84. The highest BCUT2D eigenvalue weighted by Crippen LogP contribution is 2.63. The summed E-state index contributed by atoms with van der Waals surface area (Å²) in [6.07, 6.45) is 0.220. The number of ether oxygens (including phenoxy) is 4. The molecular formula is C23H25FN2O7. The topological polar surface area (TPSA) is 115 Å². The van der Waals surface area contributed by atoms with E-state index in [4.69, 9.17) is 24.2 Å². The summed E-state index contributed by atoms with van der Waals surface area (Å²) >= 11 is 0. The summed E-state index contributed by atoms with van der Waals surface area (Å²) < 4.78 is 34.9. The first kappa shape index (κ1) is 23.3. The summed E-state index contributed by atoms with van der Waals surface area (Å²) in [6, 6.07) is 6.07. The quantitative estimate of drug-likeness (QED) is 0.250. The van der Waals surface area contributed by atoms with Gasteiger partial charge in [0.15, 0.2) is 6.79 Å². The molecule has 3 aliphatic heterocycles. The number of amides is 2.